The molecule has 400 valence electrons. The van der Waals surface area contributed by atoms with Gasteiger partial charge in [-0.15, -0.1) is 0 Å². The van der Waals surface area contributed by atoms with E-state index < -0.39 is 119 Å². The van der Waals surface area contributed by atoms with Crippen molar-refractivity contribution in [3.8, 4) is 0 Å². The molecule has 22 nitrogen and oxygen atoms in total. The predicted molar refractivity (Wildman–Crippen MR) is 256 cm³/mol. The molecule has 8 N–H and O–H groups in total. The van der Waals surface area contributed by atoms with Gasteiger partial charge < -0.3 is 40.3 Å². The molecule has 0 bridgehead atoms. The first-order valence-electron chi connectivity index (χ1n) is 24.9. The molecule has 0 aromatic heterocycles. The van der Waals surface area contributed by atoms with Crippen LogP contribution in [0.15, 0.2) is 23.3 Å². The summed E-state index contributed by atoms with van der Waals surface area (Å²) >= 11 is 0. The highest BCUT2D eigenvalue weighted by Gasteiger charge is 2.58. The summed E-state index contributed by atoms with van der Waals surface area (Å²) < 4.78 is 12.2. The van der Waals surface area contributed by atoms with E-state index in [9.17, 15) is 54.1 Å². The van der Waals surface area contributed by atoms with Gasteiger partial charge in [0.1, 0.15) is 36.3 Å². The summed E-state index contributed by atoms with van der Waals surface area (Å²) in [5.41, 5.74) is 4.03. The average molecular weight is 1010 g/mol. The molecule has 0 spiro atoms. The number of hydrogen-bond acceptors (Lipinski definition) is 16. The molecule has 0 saturated carbocycles. The van der Waals surface area contributed by atoms with Crippen molar-refractivity contribution in [1.29, 1.82) is 0 Å². The summed E-state index contributed by atoms with van der Waals surface area (Å²) in [4.78, 5) is 116. The zero-order valence-electron chi connectivity index (χ0n) is 43.7. The first kappa shape index (κ1) is 58.7. The van der Waals surface area contributed by atoms with Crippen LogP contribution in [0, 0.1) is 23.7 Å². The van der Waals surface area contributed by atoms with E-state index >= 15 is 4.79 Å². The number of aliphatic hydroxyl groups is 3. The second-order valence-corrected chi connectivity index (χ2v) is 20.8. The molecule has 4 heterocycles. The van der Waals surface area contributed by atoms with E-state index in [0.717, 1.165) is 21.8 Å². The van der Waals surface area contributed by atoms with Crippen LogP contribution in [-0.4, -0.2) is 174 Å². The third-order valence-electron chi connectivity index (χ3n) is 14.3. The van der Waals surface area contributed by atoms with Crippen LogP contribution in [0.2, 0.25) is 0 Å². The fourth-order valence-corrected chi connectivity index (χ4v) is 9.58. The second kappa shape index (κ2) is 24.3. The fourth-order valence-electron chi connectivity index (χ4n) is 9.58. The van der Waals surface area contributed by atoms with Gasteiger partial charge in [-0.05, 0) is 109 Å². The third-order valence-corrected chi connectivity index (χ3v) is 14.3. The van der Waals surface area contributed by atoms with Gasteiger partial charge in [0.05, 0.1) is 12.2 Å². The van der Waals surface area contributed by atoms with Gasteiger partial charge in [-0.25, -0.2) is 20.7 Å². The smallest absolute Gasteiger partial charge is 0.331 e. The molecule has 4 rings (SSSR count). The Bertz CT molecular complexity index is 2060. The van der Waals surface area contributed by atoms with Crippen LogP contribution in [0.3, 0.4) is 0 Å². The van der Waals surface area contributed by atoms with Crippen molar-refractivity contribution in [2.24, 2.45) is 23.7 Å². The van der Waals surface area contributed by atoms with Gasteiger partial charge >= 0.3 is 5.97 Å². The number of rotatable bonds is 11. The monoisotopic (exact) mass is 1000 g/mol. The quantitative estimate of drug-likeness (QED) is 0.0614. The minimum atomic E-state index is -2.85. The van der Waals surface area contributed by atoms with Gasteiger partial charge in [-0.3, -0.25) is 48.8 Å². The summed E-state index contributed by atoms with van der Waals surface area (Å²) in [7, 11) is 1.33. The number of carbonyl (C=O) groups excluding carboxylic acids is 8. The maximum Gasteiger partial charge on any atom is 0.331 e. The van der Waals surface area contributed by atoms with Gasteiger partial charge in [0.2, 0.25) is 17.6 Å². The number of hydrogen-bond donors (Lipinski definition) is 8. The Morgan fingerprint density at radius 1 is 0.901 bits per heavy atom. The van der Waals surface area contributed by atoms with Crippen LogP contribution in [0.5, 0.6) is 0 Å². The van der Waals surface area contributed by atoms with E-state index in [1.54, 1.807) is 39.8 Å². The highest BCUT2D eigenvalue weighted by Crippen LogP contribution is 2.41. The van der Waals surface area contributed by atoms with Crippen LogP contribution in [0.4, 0.5) is 0 Å². The van der Waals surface area contributed by atoms with Crippen LogP contribution in [-0.2, 0) is 47.8 Å². The van der Waals surface area contributed by atoms with E-state index in [1.807, 2.05) is 20.8 Å². The van der Waals surface area contributed by atoms with Crippen molar-refractivity contribution in [3.05, 3.63) is 23.3 Å². The lowest BCUT2D eigenvalue weighted by molar-refractivity contribution is -0.321. The molecule has 4 saturated heterocycles. The molecule has 0 radical (unpaired) electrons. The second-order valence-electron chi connectivity index (χ2n) is 20.8. The van der Waals surface area contributed by atoms with Gasteiger partial charge in [0.25, 0.3) is 23.6 Å². The van der Waals surface area contributed by atoms with Crippen LogP contribution < -0.4 is 21.5 Å². The van der Waals surface area contributed by atoms with Crippen molar-refractivity contribution in [1.82, 2.24) is 41.5 Å². The van der Waals surface area contributed by atoms with Crippen molar-refractivity contribution in [3.63, 3.8) is 0 Å². The number of fused-ring (bicyclic) bond motifs is 2. The Hall–Kier alpha value is -4.84. The summed E-state index contributed by atoms with van der Waals surface area (Å²) in [5, 5.41) is 54.0. The molecule has 4 fully saturated rings. The van der Waals surface area contributed by atoms with Gasteiger partial charge in [0, 0.05) is 32.5 Å². The van der Waals surface area contributed by atoms with E-state index in [1.165, 1.54) is 34.7 Å². The maximum absolute atomic E-state index is 15.2. The number of likely N-dealkylation sites (N-methyl/N-ethyl adjacent to an activating group) is 1. The molecule has 4 aliphatic heterocycles. The summed E-state index contributed by atoms with van der Waals surface area (Å²) in [6, 6.07) is -9.45. The van der Waals surface area contributed by atoms with Crippen molar-refractivity contribution < 1.29 is 68.4 Å². The lowest BCUT2D eigenvalue weighted by Crippen LogP contribution is -2.70. The number of esters is 1. The average Bonchev–Trinajstić information content (AvgIpc) is 3.33. The number of Topliss-reactive ketones (excluding diaryl/α,β-unsaturated/α-hetero) is 1. The number of aliphatic hydroxyl groups excluding tert-OH is 1. The van der Waals surface area contributed by atoms with Crippen LogP contribution in [0.25, 0.3) is 0 Å². The van der Waals surface area contributed by atoms with Gasteiger partial charge in [-0.1, -0.05) is 53.7 Å². The number of allylic oxidation sites excluding steroid dienone is 3. The number of carbonyl (C=O) groups is 8. The van der Waals surface area contributed by atoms with E-state index in [-0.39, 0.29) is 74.3 Å². The van der Waals surface area contributed by atoms with Crippen molar-refractivity contribution in [2.75, 3.05) is 20.1 Å². The van der Waals surface area contributed by atoms with E-state index in [4.69, 9.17) is 9.47 Å². The van der Waals surface area contributed by atoms with Crippen LogP contribution >= 0.6 is 0 Å². The molecule has 6 amide bonds. The zero-order valence-corrected chi connectivity index (χ0v) is 43.7. The molecular formula is C49H80N8O14. The number of nitrogens with one attached hydrogen (secondary N) is 4. The lowest BCUT2D eigenvalue weighted by atomic mass is 9.80. The van der Waals surface area contributed by atoms with Gasteiger partial charge in [-0.2, -0.15) is 0 Å². The maximum atomic E-state index is 15.2. The summed E-state index contributed by atoms with van der Waals surface area (Å²) in [6.45, 7) is 19.2. The number of cyclic esters (lactones) is 1. The number of ketones is 1. The predicted octanol–water partition coefficient (Wildman–Crippen LogP) is 0.761. The highest BCUT2D eigenvalue weighted by molar-refractivity contribution is 5.98. The zero-order chi connectivity index (χ0) is 53.6. The molecule has 71 heavy (non-hydrogen) atoms. The molecule has 13 atom stereocenters. The number of hydrazine groups is 2. The number of hydroxylamine groups is 2. The number of ether oxygens (including phenoxy) is 2. The Balaban J connectivity index is 1.85. The minimum Gasteiger partial charge on any atom is -0.458 e. The third kappa shape index (κ3) is 13.0. The largest absolute Gasteiger partial charge is 0.458 e. The Labute approximate surface area is 417 Å². The lowest BCUT2D eigenvalue weighted by Gasteiger charge is -2.48. The fraction of sp³-hybridized carbons (Fsp3) is 0.755. The molecular weight excluding hydrogens is 925 g/mol. The van der Waals surface area contributed by atoms with Crippen molar-refractivity contribution in [2.45, 2.75) is 194 Å². The molecule has 0 aromatic rings. The Kier molecular flexibility index (Phi) is 20.1. The SMILES string of the molecule is C/C=C(/C)C(=O)C(C)/C=C(\C)[C@H]1O[C@@](O)([C@](C)(O)C(=O)N[C@@H]2C(=O)N3NCCC[C@@H]3C(=O)N(O)[C@@H](C)C(=O)N(C)C(CC(C)C)C(=O)N3NCCCC3C(=O)NC([C@H](C)O)C(=O)O[C@H]2C(C)C)CC[C@@H]1C. The normalized spacial score (nSPS) is 32.5. The Morgan fingerprint density at radius 3 is 2.03 bits per heavy atom. The van der Waals surface area contributed by atoms with Gasteiger partial charge in [0.15, 0.2) is 17.4 Å². The summed E-state index contributed by atoms with van der Waals surface area (Å²) in [6.07, 6.45) is 0.00218. The highest BCUT2D eigenvalue weighted by atomic mass is 16.6. The minimum absolute atomic E-state index is 0.0684. The molecule has 0 aromatic carbocycles. The standard InChI is InChI=1S/C49H80N8O14/c1-14-27(6)38(59)29(8)24-30(9)40-28(7)19-20-49(68,71-40)48(12,67)47(66)53-37-39(26(4)5)70-46(65)36(32(11)58)52-41(60)33-17-15-21-50-55(33)43(62)35(23-25(2)3)54(13)42(61)31(10)57(69)44(63)34-18-16-22-51-56(34)45(37)64/h14,24-26,28-29,31-37,39-40,50-51,58,67-69H,15-23H2,1-13H3,(H,52,60)(H,53,66)/b27-14-,30-24+/t28-,29?,31-,32-,33?,34+,35?,36?,37-,39-,40-,48+,49+/m0/s1. The Morgan fingerprint density at radius 2 is 1.48 bits per heavy atom. The molecule has 0 aliphatic carbocycles. The van der Waals surface area contributed by atoms with Crippen LogP contribution in [0.1, 0.15) is 128 Å². The first-order chi connectivity index (χ1) is 33.0. The van der Waals surface area contributed by atoms with E-state index in [0.29, 0.717) is 17.6 Å². The number of amides is 6. The molecule has 4 unspecified atom stereocenters. The molecule has 4 aliphatic rings. The summed E-state index contributed by atoms with van der Waals surface area (Å²) in [5.74, 6) is -11.9. The topological polar surface area (TPSA) is 297 Å². The number of nitrogens with zero attached hydrogens (tertiary/aromatic N) is 4. The van der Waals surface area contributed by atoms with E-state index in [2.05, 4.69) is 21.5 Å². The first-order valence-corrected chi connectivity index (χ1v) is 24.9. The molecule has 22 heteroatoms. The van der Waals surface area contributed by atoms with Crippen molar-refractivity contribution >= 4 is 47.2 Å².